The van der Waals surface area contributed by atoms with Crippen LogP contribution in [-0.2, 0) is 10.2 Å². The number of hydrogen-bond donors (Lipinski definition) is 1. The summed E-state index contributed by atoms with van der Waals surface area (Å²) in [5.41, 5.74) is 7.47. The molecular weight excluding hydrogens is 226 g/mol. The van der Waals surface area contributed by atoms with Gasteiger partial charge < -0.3 is 15.2 Å². The topological polar surface area (TPSA) is 44.5 Å². The van der Waals surface area contributed by atoms with Gasteiger partial charge in [-0.15, -0.1) is 0 Å². The maximum Gasteiger partial charge on any atom is 0.123 e. The minimum Gasteiger partial charge on any atom is -0.493 e. The molecule has 0 saturated heterocycles. The molecule has 3 nitrogen and oxygen atoms in total. The predicted molar refractivity (Wildman–Crippen MR) is 73.0 cm³/mol. The molecule has 1 atom stereocenters. The van der Waals surface area contributed by atoms with Crippen LogP contribution < -0.4 is 10.5 Å². The molecule has 0 spiro atoms. The normalized spacial score (nSPS) is 22.3. The highest BCUT2D eigenvalue weighted by Crippen LogP contribution is 2.41. The van der Waals surface area contributed by atoms with Crippen molar-refractivity contribution < 1.29 is 9.47 Å². The fourth-order valence-electron chi connectivity index (χ4n) is 2.81. The molecule has 2 N–H and O–H groups in total. The van der Waals surface area contributed by atoms with Crippen LogP contribution in [0.15, 0.2) is 24.3 Å². The van der Waals surface area contributed by atoms with Crippen LogP contribution in [-0.4, -0.2) is 26.9 Å². The average Bonchev–Trinajstić information content (AvgIpc) is 2.44. The lowest BCUT2D eigenvalue weighted by Crippen LogP contribution is -2.39. The molecule has 1 aromatic rings. The minimum absolute atomic E-state index is 0.0998. The minimum atomic E-state index is 0.0998. The molecule has 0 radical (unpaired) electrons. The Morgan fingerprint density at radius 3 is 2.94 bits per heavy atom. The molecule has 1 aromatic carbocycles. The van der Waals surface area contributed by atoms with Gasteiger partial charge in [0.25, 0.3) is 0 Å². The fraction of sp³-hybridized carbons (Fsp3) is 0.600. The van der Waals surface area contributed by atoms with Crippen molar-refractivity contribution in [2.75, 3.05) is 26.9 Å². The van der Waals surface area contributed by atoms with E-state index in [4.69, 9.17) is 15.2 Å². The van der Waals surface area contributed by atoms with Crippen LogP contribution in [0, 0.1) is 0 Å². The lowest BCUT2D eigenvalue weighted by atomic mass is 9.72. The summed E-state index contributed by atoms with van der Waals surface area (Å²) < 4.78 is 10.8. The Kier molecular flexibility index (Phi) is 4.61. The number of fused-ring (bicyclic) bond motifs is 1. The summed E-state index contributed by atoms with van der Waals surface area (Å²) in [5, 5.41) is 0. The summed E-state index contributed by atoms with van der Waals surface area (Å²) in [6.07, 6.45) is 4.39. The number of hydrogen-bond acceptors (Lipinski definition) is 3. The third kappa shape index (κ3) is 2.68. The number of nitrogens with two attached hydrogens (primary N) is 1. The Morgan fingerprint density at radius 1 is 1.33 bits per heavy atom. The summed E-state index contributed by atoms with van der Waals surface area (Å²) in [5.74, 6) is 1.01. The lowest BCUT2D eigenvalue weighted by Gasteiger charge is -2.38. The Hall–Kier alpha value is -1.06. The molecule has 0 fully saturated rings. The number of unbranched alkanes of at least 4 members (excludes halogenated alkanes) is 1. The van der Waals surface area contributed by atoms with Crippen LogP contribution in [0.5, 0.6) is 5.75 Å². The van der Waals surface area contributed by atoms with Crippen molar-refractivity contribution in [1.29, 1.82) is 0 Å². The summed E-state index contributed by atoms with van der Waals surface area (Å²) in [7, 11) is 1.75. The molecule has 0 bridgehead atoms. The number of benzene rings is 1. The van der Waals surface area contributed by atoms with Gasteiger partial charge in [0.15, 0.2) is 0 Å². The Labute approximate surface area is 109 Å². The van der Waals surface area contributed by atoms with E-state index in [1.807, 2.05) is 12.1 Å². The van der Waals surface area contributed by atoms with Gasteiger partial charge in [0.05, 0.1) is 6.61 Å². The average molecular weight is 249 g/mol. The van der Waals surface area contributed by atoms with E-state index in [9.17, 15) is 0 Å². The lowest BCUT2D eigenvalue weighted by molar-refractivity contribution is 0.178. The Bertz CT molecular complexity index is 381. The van der Waals surface area contributed by atoms with Crippen LogP contribution in [0.3, 0.4) is 0 Å². The van der Waals surface area contributed by atoms with Gasteiger partial charge >= 0.3 is 0 Å². The highest BCUT2D eigenvalue weighted by Gasteiger charge is 2.35. The molecule has 1 aliphatic heterocycles. The van der Waals surface area contributed by atoms with E-state index in [1.54, 1.807) is 7.11 Å². The van der Waals surface area contributed by atoms with E-state index >= 15 is 0 Å². The first-order chi connectivity index (χ1) is 8.82. The number of ether oxygens (including phenoxy) is 2. The van der Waals surface area contributed by atoms with E-state index in [0.29, 0.717) is 6.54 Å². The smallest absolute Gasteiger partial charge is 0.123 e. The zero-order valence-corrected chi connectivity index (χ0v) is 11.2. The molecule has 0 amide bonds. The first-order valence-corrected chi connectivity index (χ1v) is 6.74. The molecule has 0 aromatic heterocycles. The number of methoxy groups -OCH3 is 1. The van der Waals surface area contributed by atoms with Crippen molar-refractivity contribution in [3.8, 4) is 5.75 Å². The van der Waals surface area contributed by atoms with Gasteiger partial charge in [0.1, 0.15) is 5.75 Å². The summed E-state index contributed by atoms with van der Waals surface area (Å²) in [4.78, 5) is 0. The van der Waals surface area contributed by atoms with Crippen molar-refractivity contribution in [3.05, 3.63) is 29.8 Å². The number of rotatable bonds is 6. The second kappa shape index (κ2) is 6.21. The second-order valence-electron chi connectivity index (χ2n) is 5.03. The highest BCUT2D eigenvalue weighted by atomic mass is 16.5. The van der Waals surface area contributed by atoms with Gasteiger partial charge in [-0.25, -0.2) is 0 Å². The molecule has 0 aliphatic carbocycles. The van der Waals surface area contributed by atoms with Crippen molar-refractivity contribution >= 4 is 0 Å². The van der Waals surface area contributed by atoms with Crippen LogP contribution in [0.25, 0.3) is 0 Å². The molecule has 2 rings (SSSR count). The second-order valence-corrected chi connectivity index (χ2v) is 5.03. The van der Waals surface area contributed by atoms with Crippen molar-refractivity contribution in [2.24, 2.45) is 5.73 Å². The van der Waals surface area contributed by atoms with Gasteiger partial charge in [-0.05, 0) is 25.3 Å². The van der Waals surface area contributed by atoms with Gasteiger partial charge in [0, 0.05) is 31.2 Å². The van der Waals surface area contributed by atoms with Crippen LogP contribution in [0.1, 0.15) is 31.2 Å². The van der Waals surface area contributed by atoms with E-state index in [2.05, 4.69) is 12.1 Å². The SMILES string of the molecule is COCCCCC1(CN)CCOc2ccccc21. The standard InChI is InChI=1S/C15H23NO2/c1-17-10-5-4-8-15(12-16)9-11-18-14-7-3-2-6-13(14)15/h2-3,6-7H,4-5,8-12,16H2,1H3. The molecule has 18 heavy (non-hydrogen) atoms. The largest absolute Gasteiger partial charge is 0.493 e. The summed E-state index contributed by atoms with van der Waals surface area (Å²) in [6, 6.07) is 8.31. The third-order valence-corrected chi connectivity index (χ3v) is 3.94. The predicted octanol–water partition coefficient (Wildman–Crippen LogP) is 2.48. The molecule has 3 heteroatoms. The summed E-state index contributed by atoms with van der Waals surface area (Å²) in [6.45, 7) is 2.30. The fourth-order valence-corrected chi connectivity index (χ4v) is 2.81. The quantitative estimate of drug-likeness (QED) is 0.788. The molecular formula is C15H23NO2. The van der Waals surface area contributed by atoms with Gasteiger partial charge in [-0.3, -0.25) is 0 Å². The molecule has 100 valence electrons. The third-order valence-electron chi connectivity index (χ3n) is 3.94. The van der Waals surface area contributed by atoms with E-state index in [0.717, 1.165) is 44.6 Å². The van der Waals surface area contributed by atoms with E-state index in [1.165, 1.54) is 5.56 Å². The van der Waals surface area contributed by atoms with Crippen molar-refractivity contribution in [1.82, 2.24) is 0 Å². The molecule has 1 aliphatic rings. The van der Waals surface area contributed by atoms with Crippen LogP contribution in [0.2, 0.25) is 0 Å². The zero-order valence-electron chi connectivity index (χ0n) is 11.2. The van der Waals surface area contributed by atoms with E-state index in [-0.39, 0.29) is 5.41 Å². The maximum atomic E-state index is 6.08. The number of para-hydroxylation sites is 1. The molecule has 1 unspecified atom stereocenters. The van der Waals surface area contributed by atoms with Crippen molar-refractivity contribution in [3.63, 3.8) is 0 Å². The molecule has 1 heterocycles. The Balaban J connectivity index is 2.12. The van der Waals surface area contributed by atoms with Gasteiger partial charge in [-0.1, -0.05) is 24.6 Å². The van der Waals surface area contributed by atoms with E-state index < -0.39 is 0 Å². The van der Waals surface area contributed by atoms with Crippen LogP contribution in [0.4, 0.5) is 0 Å². The van der Waals surface area contributed by atoms with Crippen molar-refractivity contribution in [2.45, 2.75) is 31.1 Å². The monoisotopic (exact) mass is 249 g/mol. The van der Waals surface area contributed by atoms with Crippen LogP contribution >= 0.6 is 0 Å². The van der Waals surface area contributed by atoms with Gasteiger partial charge in [0.2, 0.25) is 0 Å². The zero-order chi connectivity index (χ0) is 12.8. The summed E-state index contributed by atoms with van der Waals surface area (Å²) >= 11 is 0. The maximum absolute atomic E-state index is 6.08. The first kappa shape index (κ1) is 13.4. The molecule has 0 saturated carbocycles. The first-order valence-electron chi connectivity index (χ1n) is 6.74. The van der Waals surface area contributed by atoms with Gasteiger partial charge in [-0.2, -0.15) is 0 Å². The Morgan fingerprint density at radius 2 is 2.17 bits per heavy atom. The highest BCUT2D eigenvalue weighted by molar-refractivity contribution is 5.41.